The Kier molecular flexibility index (Phi) is 5.47. The molecule has 3 nitrogen and oxygen atoms in total. The van der Waals surface area contributed by atoms with Gasteiger partial charge in [0.2, 0.25) is 5.91 Å². The number of hydrogen-bond donors (Lipinski definition) is 0. The van der Waals surface area contributed by atoms with Crippen LogP contribution in [-0.4, -0.2) is 22.8 Å². The molecule has 0 atom stereocenters. The van der Waals surface area contributed by atoms with Crippen LogP contribution in [0.3, 0.4) is 0 Å². The van der Waals surface area contributed by atoms with Gasteiger partial charge in [0.05, 0.1) is 17.1 Å². The summed E-state index contributed by atoms with van der Waals surface area (Å²) in [4.78, 5) is 19.8. The molecule has 0 saturated heterocycles. The minimum Gasteiger partial charge on any atom is -0.341 e. The van der Waals surface area contributed by atoms with Crippen molar-refractivity contribution in [1.29, 1.82) is 0 Å². The number of amides is 1. The SMILES string of the molecule is Cc1ccc(-c2nc(C)sc2CC(=O)N(C)Cc2ccccc2F)cc1. The zero-order valence-electron chi connectivity index (χ0n) is 15.1. The summed E-state index contributed by atoms with van der Waals surface area (Å²) >= 11 is 1.54. The van der Waals surface area contributed by atoms with Crippen LogP contribution in [0.2, 0.25) is 0 Å². The molecule has 0 aliphatic rings. The molecule has 0 saturated carbocycles. The second kappa shape index (κ2) is 7.79. The molecule has 3 aromatic rings. The maximum Gasteiger partial charge on any atom is 0.227 e. The van der Waals surface area contributed by atoms with Gasteiger partial charge in [-0.15, -0.1) is 11.3 Å². The van der Waals surface area contributed by atoms with Crippen LogP contribution < -0.4 is 0 Å². The Labute approximate surface area is 157 Å². The summed E-state index contributed by atoms with van der Waals surface area (Å²) in [5.41, 5.74) is 3.57. The van der Waals surface area contributed by atoms with Crippen LogP contribution in [-0.2, 0) is 17.8 Å². The van der Waals surface area contributed by atoms with E-state index in [1.165, 1.54) is 23.0 Å². The van der Waals surface area contributed by atoms with Gasteiger partial charge in [-0.1, -0.05) is 48.0 Å². The normalized spacial score (nSPS) is 10.8. The van der Waals surface area contributed by atoms with Crippen molar-refractivity contribution in [2.24, 2.45) is 0 Å². The Morgan fingerprint density at radius 1 is 1.12 bits per heavy atom. The summed E-state index contributed by atoms with van der Waals surface area (Å²) in [5.74, 6) is -0.341. The van der Waals surface area contributed by atoms with E-state index >= 15 is 0 Å². The molecule has 0 fully saturated rings. The lowest BCUT2D eigenvalue weighted by Gasteiger charge is -2.17. The number of aromatic nitrogens is 1. The molecule has 2 aromatic carbocycles. The number of nitrogens with zero attached hydrogens (tertiary/aromatic N) is 2. The van der Waals surface area contributed by atoms with E-state index in [1.54, 1.807) is 30.1 Å². The molecule has 0 spiro atoms. The molecule has 0 unspecified atom stereocenters. The summed E-state index contributed by atoms with van der Waals surface area (Å²) in [6, 6.07) is 14.7. The van der Waals surface area contributed by atoms with Crippen molar-refractivity contribution >= 4 is 17.2 Å². The molecule has 1 amide bonds. The van der Waals surface area contributed by atoms with E-state index in [1.807, 2.05) is 38.1 Å². The van der Waals surface area contributed by atoms with Crippen LogP contribution >= 0.6 is 11.3 Å². The highest BCUT2D eigenvalue weighted by Crippen LogP contribution is 2.29. The van der Waals surface area contributed by atoms with Crippen molar-refractivity contribution in [1.82, 2.24) is 9.88 Å². The summed E-state index contributed by atoms with van der Waals surface area (Å²) in [7, 11) is 1.70. The molecule has 0 aliphatic heterocycles. The second-order valence-corrected chi connectivity index (χ2v) is 7.68. The number of carbonyl (C=O) groups is 1. The van der Waals surface area contributed by atoms with E-state index in [-0.39, 0.29) is 24.7 Å². The van der Waals surface area contributed by atoms with E-state index in [9.17, 15) is 9.18 Å². The van der Waals surface area contributed by atoms with Crippen molar-refractivity contribution < 1.29 is 9.18 Å². The topological polar surface area (TPSA) is 33.2 Å². The number of likely N-dealkylation sites (N-methyl/N-ethyl adjacent to an activating group) is 1. The maximum atomic E-state index is 13.8. The van der Waals surface area contributed by atoms with Crippen LogP contribution in [0.15, 0.2) is 48.5 Å². The van der Waals surface area contributed by atoms with Gasteiger partial charge in [0.25, 0.3) is 0 Å². The van der Waals surface area contributed by atoms with Crippen LogP contribution in [0.5, 0.6) is 0 Å². The standard InChI is InChI=1S/C21H21FN2OS/c1-14-8-10-16(11-9-14)21-19(26-15(2)23-21)12-20(25)24(3)13-17-6-4-5-7-18(17)22/h4-11H,12-13H2,1-3H3. The first kappa shape index (κ1) is 18.3. The molecule has 0 bridgehead atoms. The minimum atomic E-state index is -0.291. The predicted molar refractivity (Wildman–Crippen MR) is 104 cm³/mol. The third-order valence-electron chi connectivity index (χ3n) is 4.23. The fourth-order valence-electron chi connectivity index (χ4n) is 2.77. The van der Waals surface area contributed by atoms with Crippen molar-refractivity contribution in [2.75, 3.05) is 7.05 Å². The first-order valence-electron chi connectivity index (χ1n) is 8.44. The van der Waals surface area contributed by atoms with Gasteiger partial charge in [-0.2, -0.15) is 0 Å². The van der Waals surface area contributed by atoms with Crippen LogP contribution in [0.4, 0.5) is 4.39 Å². The van der Waals surface area contributed by atoms with Gasteiger partial charge in [0.1, 0.15) is 5.82 Å². The lowest BCUT2D eigenvalue weighted by atomic mass is 10.1. The second-order valence-electron chi connectivity index (χ2n) is 6.39. The highest BCUT2D eigenvalue weighted by molar-refractivity contribution is 7.12. The van der Waals surface area contributed by atoms with Crippen molar-refractivity contribution in [3.05, 3.63) is 75.4 Å². The lowest BCUT2D eigenvalue weighted by molar-refractivity contribution is -0.129. The molecular weight excluding hydrogens is 347 g/mol. The fraction of sp³-hybridized carbons (Fsp3) is 0.238. The number of thiazole rings is 1. The van der Waals surface area contributed by atoms with Gasteiger partial charge >= 0.3 is 0 Å². The molecular formula is C21H21FN2OS. The molecule has 1 aromatic heterocycles. The maximum absolute atomic E-state index is 13.8. The average molecular weight is 368 g/mol. The Bertz CT molecular complexity index is 918. The van der Waals surface area contributed by atoms with E-state index in [0.29, 0.717) is 5.56 Å². The number of aryl methyl sites for hydroxylation is 2. The number of benzene rings is 2. The van der Waals surface area contributed by atoms with Crippen molar-refractivity contribution in [3.8, 4) is 11.3 Å². The highest BCUT2D eigenvalue weighted by atomic mass is 32.1. The zero-order chi connectivity index (χ0) is 18.7. The van der Waals surface area contributed by atoms with Gasteiger partial charge in [-0.05, 0) is 19.9 Å². The number of hydrogen-bond acceptors (Lipinski definition) is 3. The fourth-order valence-corrected chi connectivity index (χ4v) is 3.72. The van der Waals surface area contributed by atoms with E-state index in [0.717, 1.165) is 21.1 Å². The quantitative estimate of drug-likeness (QED) is 0.650. The molecule has 5 heteroatoms. The molecule has 1 heterocycles. The number of rotatable bonds is 5. The first-order chi connectivity index (χ1) is 12.4. The Balaban J connectivity index is 1.77. The van der Waals surface area contributed by atoms with Crippen molar-refractivity contribution in [3.63, 3.8) is 0 Å². The summed E-state index contributed by atoms with van der Waals surface area (Å²) in [5, 5.41) is 0.931. The summed E-state index contributed by atoms with van der Waals surface area (Å²) in [6.07, 6.45) is 0.264. The Morgan fingerprint density at radius 3 is 2.50 bits per heavy atom. The summed E-state index contributed by atoms with van der Waals surface area (Å²) in [6.45, 7) is 4.24. The number of carbonyl (C=O) groups excluding carboxylic acids is 1. The molecule has 26 heavy (non-hydrogen) atoms. The third-order valence-corrected chi connectivity index (χ3v) is 5.20. The minimum absolute atomic E-state index is 0.0507. The lowest BCUT2D eigenvalue weighted by Crippen LogP contribution is -2.28. The molecule has 0 radical (unpaired) electrons. The molecule has 0 aliphatic carbocycles. The van der Waals surface area contributed by atoms with E-state index in [2.05, 4.69) is 4.98 Å². The molecule has 0 N–H and O–H groups in total. The zero-order valence-corrected chi connectivity index (χ0v) is 15.9. The molecule has 134 valence electrons. The molecule has 3 rings (SSSR count). The van der Waals surface area contributed by atoms with E-state index in [4.69, 9.17) is 0 Å². The largest absolute Gasteiger partial charge is 0.341 e. The Morgan fingerprint density at radius 2 is 1.81 bits per heavy atom. The van der Waals surface area contributed by atoms with Crippen LogP contribution in [0, 0.1) is 19.7 Å². The van der Waals surface area contributed by atoms with Crippen molar-refractivity contribution in [2.45, 2.75) is 26.8 Å². The number of halogens is 1. The Hall–Kier alpha value is -2.53. The van der Waals surface area contributed by atoms with Gasteiger partial charge in [-0.3, -0.25) is 4.79 Å². The first-order valence-corrected chi connectivity index (χ1v) is 9.26. The third kappa shape index (κ3) is 4.17. The monoisotopic (exact) mass is 368 g/mol. The average Bonchev–Trinajstić information content (AvgIpc) is 2.97. The summed E-state index contributed by atoms with van der Waals surface area (Å²) < 4.78 is 13.8. The van der Waals surface area contributed by atoms with Gasteiger partial charge in [0, 0.05) is 29.6 Å². The smallest absolute Gasteiger partial charge is 0.227 e. The van der Waals surface area contributed by atoms with Crippen LogP contribution in [0.25, 0.3) is 11.3 Å². The van der Waals surface area contributed by atoms with Gasteiger partial charge in [0.15, 0.2) is 0 Å². The van der Waals surface area contributed by atoms with E-state index < -0.39 is 0 Å². The van der Waals surface area contributed by atoms with Crippen LogP contribution in [0.1, 0.15) is 21.0 Å². The predicted octanol–water partition coefficient (Wildman–Crippen LogP) is 4.77. The van der Waals surface area contributed by atoms with Gasteiger partial charge in [-0.25, -0.2) is 9.37 Å². The van der Waals surface area contributed by atoms with Gasteiger partial charge < -0.3 is 4.90 Å². The highest BCUT2D eigenvalue weighted by Gasteiger charge is 2.18.